The second-order valence-corrected chi connectivity index (χ2v) is 19.2. The van der Waals surface area contributed by atoms with E-state index in [1.807, 2.05) is 6.08 Å². The molecule has 0 radical (unpaired) electrons. The zero-order valence-corrected chi connectivity index (χ0v) is 40.7. The van der Waals surface area contributed by atoms with Crippen LogP contribution in [-0.2, 0) is 28.9 Å². The molecule has 1 fully saturated rings. The number of carbonyl (C=O) groups is 1. The number of hydrogen-bond acceptors (Lipinski definition) is 10. The summed E-state index contributed by atoms with van der Waals surface area (Å²) in [7, 11) is -5.08. The molecule has 372 valence electrons. The van der Waals surface area contributed by atoms with Crippen LogP contribution in [0.4, 0.5) is 0 Å². The number of rotatable bonds is 44. The molecule has 1 aliphatic rings. The molecule has 63 heavy (non-hydrogen) atoms. The highest BCUT2D eigenvalue weighted by Crippen LogP contribution is 2.26. The van der Waals surface area contributed by atoms with Gasteiger partial charge >= 0.3 is 10.4 Å². The first kappa shape index (κ1) is 59.6. The lowest BCUT2D eigenvalue weighted by Crippen LogP contribution is -2.61. The highest BCUT2D eigenvalue weighted by molar-refractivity contribution is 7.80. The molecule has 0 aromatic rings. The van der Waals surface area contributed by atoms with E-state index >= 15 is 0 Å². The number of amides is 1. The summed E-state index contributed by atoms with van der Waals surface area (Å²) < 4.78 is 47.5. The Bertz CT molecular complexity index is 1220. The van der Waals surface area contributed by atoms with Crippen molar-refractivity contribution in [3.05, 3.63) is 24.3 Å². The zero-order valence-electron chi connectivity index (χ0n) is 39.9. The first-order valence-electron chi connectivity index (χ1n) is 25.7. The van der Waals surface area contributed by atoms with Crippen molar-refractivity contribution in [2.45, 2.75) is 275 Å². The van der Waals surface area contributed by atoms with E-state index < -0.39 is 59.9 Å². The van der Waals surface area contributed by atoms with Crippen molar-refractivity contribution in [2.75, 3.05) is 13.2 Å². The van der Waals surface area contributed by atoms with Crippen molar-refractivity contribution in [2.24, 2.45) is 0 Å². The maximum atomic E-state index is 13.0. The Hall–Kier alpha value is -1.42. The van der Waals surface area contributed by atoms with Gasteiger partial charge in [-0.1, -0.05) is 205 Å². The largest absolute Gasteiger partial charge is 0.397 e. The first-order chi connectivity index (χ1) is 30.5. The quantitative estimate of drug-likeness (QED) is 0.0194. The Kier molecular flexibility index (Phi) is 38.6. The minimum absolute atomic E-state index is 0.264. The van der Waals surface area contributed by atoms with Crippen molar-refractivity contribution < 1.29 is 51.8 Å². The summed E-state index contributed by atoms with van der Waals surface area (Å²) in [6.45, 7) is 3.36. The van der Waals surface area contributed by atoms with E-state index in [9.17, 15) is 38.2 Å². The van der Waals surface area contributed by atoms with Crippen LogP contribution in [0, 0.1) is 0 Å². The Morgan fingerprint density at radius 1 is 0.619 bits per heavy atom. The number of aliphatic hydroxyl groups excluding tert-OH is 4. The predicted octanol–water partition coefficient (Wildman–Crippen LogP) is 10.9. The van der Waals surface area contributed by atoms with Gasteiger partial charge in [0.1, 0.15) is 24.4 Å². The molecule has 1 amide bonds. The van der Waals surface area contributed by atoms with Gasteiger partial charge in [0, 0.05) is 6.42 Å². The summed E-state index contributed by atoms with van der Waals surface area (Å²) in [4.78, 5) is 13.0. The van der Waals surface area contributed by atoms with Gasteiger partial charge in [0.2, 0.25) is 5.91 Å². The average Bonchev–Trinajstić information content (AvgIpc) is 3.25. The van der Waals surface area contributed by atoms with E-state index in [-0.39, 0.29) is 18.9 Å². The third-order valence-electron chi connectivity index (χ3n) is 12.2. The van der Waals surface area contributed by atoms with Gasteiger partial charge in [-0.2, -0.15) is 8.42 Å². The lowest BCUT2D eigenvalue weighted by Gasteiger charge is -2.41. The second kappa shape index (κ2) is 40.8. The molecule has 1 aliphatic heterocycles. The fraction of sp³-hybridized carbons (Fsp3) is 0.900. The van der Waals surface area contributed by atoms with Crippen LogP contribution in [-0.4, -0.2) is 95.4 Å². The summed E-state index contributed by atoms with van der Waals surface area (Å²) in [6, 6.07) is -0.940. The van der Waals surface area contributed by atoms with E-state index in [0.717, 1.165) is 44.9 Å². The fourth-order valence-corrected chi connectivity index (χ4v) is 8.72. The van der Waals surface area contributed by atoms with Crippen molar-refractivity contribution in [1.82, 2.24) is 5.32 Å². The molecule has 1 rings (SSSR count). The molecule has 1 saturated heterocycles. The minimum Gasteiger partial charge on any atom is -0.394 e. The average molecular weight is 918 g/mol. The van der Waals surface area contributed by atoms with Gasteiger partial charge in [-0.05, 0) is 44.9 Å². The molecule has 7 unspecified atom stereocenters. The third-order valence-corrected chi connectivity index (χ3v) is 12.7. The molecule has 6 N–H and O–H groups in total. The number of allylic oxidation sites excluding steroid dienone is 3. The van der Waals surface area contributed by atoms with Crippen molar-refractivity contribution in [3.63, 3.8) is 0 Å². The van der Waals surface area contributed by atoms with E-state index in [1.54, 1.807) is 6.08 Å². The van der Waals surface area contributed by atoms with Crippen molar-refractivity contribution >= 4 is 16.3 Å². The van der Waals surface area contributed by atoms with Crippen LogP contribution >= 0.6 is 0 Å². The zero-order chi connectivity index (χ0) is 46.2. The minimum atomic E-state index is -5.08. The van der Waals surface area contributed by atoms with Gasteiger partial charge in [0.25, 0.3) is 0 Å². The number of aliphatic hydroxyl groups is 4. The highest BCUT2D eigenvalue weighted by atomic mass is 32.3. The molecular weight excluding hydrogens is 823 g/mol. The molecule has 0 saturated carbocycles. The number of nitrogens with one attached hydrogen (secondary N) is 1. The molecule has 1 heterocycles. The number of carbonyl (C=O) groups excluding carboxylic acids is 1. The maximum Gasteiger partial charge on any atom is 0.397 e. The molecule has 0 aromatic carbocycles. The lowest BCUT2D eigenvalue weighted by atomic mass is 9.99. The second-order valence-electron chi connectivity index (χ2n) is 18.1. The van der Waals surface area contributed by atoms with Crippen LogP contribution in [0.5, 0.6) is 0 Å². The smallest absolute Gasteiger partial charge is 0.394 e. The summed E-state index contributed by atoms with van der Waals surface area (Å²) in [5, 5.41) is 44.6. The third kappa shape index (κ3) is 33.7. The van der Waals surface area contributed by atoms with E-state index in [2.05, 4.69) is 35.5 Å². The molecular formula is C50H95NO11S. The molecule has 12 nitrogen and oxygen atoms in total. The summed E-state index contributed by atoms with van der Waals surface area (Å²) in [5.41, 5.74) is 0. The van der Waals surface area contributed by atoms with Gasteiger partial charge in [-0.15, -0.1) is 0 Å². The standard InChI is InChI=1S/C50H95NO11S/c1-3-5-7-9-11-13-14-15-16-17-18-19-20-21-22-23-24-25-26-27-28-29-30-32-34-36-38-40-46(54)51-43(44(53)39-37-35-33-31-12-10-8-6-4-2)42-60-50-48(56)49(62-63(57,58)59)47(55)45(41-52)61-50/h21-22,37,39,43-45,47-50,52-53,55-56H,3-20,23-36,38,40-42H2,1-2H3,(H,51,54)(H,57,58,59)/b22-21-,39-37+. The Morgan fingerprint density at radius 3 is 1.43 bits per heavy atom. The maximum absolute atomic E-state index is 13.0. The van der Waals surface area contributed by atoms with Crippen LogP contribution in [0.15, 0.2) is 24.3 Å². The normalized spacial score (nSPS) is 20.5. The molecule has 13 heteroatoms. The SMILES string of the molecule is CCCCCCCCC/C=C/C(O)C(COC1OC(CO)C(O)C(OS(=O)(=O)O)C1O)NC(=O)CCCCCCCCCCCCC/C=C\CCCCCCCCCCCCCC. The number of ether oxygens (including phenoxy) is 2. The fourth-order valence-electron chi connectivity index (χ4n) is 8.21. The van der Waals surface area contributed by atoms with E-state index in [1.165, 1.54) is 161 Å². The van der Waals surface area contributed by atoms with Crippen LogP contribution < -0.4 is 5.32 Å². The Labute approximate surface area is 384 Å². The Morgan fingerprint density at radius 2 is 1.02 bits per heavy atom. The monoisotopic (exact) mass is 918 g/mol. The summed E-state index contributed by atoms with van der Waals surface area (Å²) in [5.74, 6) is -0.264. The van der Waals surface area contributed by atoms with Gasteiger partial charge in [-0.25, -0.2) is 4.18 Å². The van der Waals surface area contributed by atoms with Crippen LogP contribution in [0.3, 0.4) is 0 Å². The van der Waals surface area contributed by atoms with Gasteiger partial charge < -0.3 is 35.2 Å². The predicted molar refractivity (Wildman–Crippen MR) is 255 cm³/mol. The first-order valence-corrected chi connectivity index (χ1v) is 27.1. The van der Waals surface area contributed by atoms with Crippen LogP contribution in [0.25, 0.3) is 0 Å². The molecule has 0 aliphatic carbocycles. The van der Waals surface area contributed by atoms with Gasteiger partial charge in [0.15, 0.2) is 6.29 Å². The molecule has 0 bridgehead atoms. The highest BCUT2D eigenvalue weighted by Gasteiger charge is 2.48. The number of hydrogen-bond donors (Lipinski definition) is 6. The van der Waals surface area contributed by atoms with Crippen LogP contribution in [0.1, 0.15) is 232 Å². The lowest BCUT2D eigenvalue weighted by molar-refractivity contribution is -0.298. The number of unbranched alkanes of at least 4 members (excludes halogenated alkanes) is 30. The molecule has 7 atom stereocenters. The van der Waals surface area contributed by atoms with E-state index in [0.29, 0.717) is 6.42 Å². The van der Waals surface area contributed by atoms with E-state index in [4.69, 9.17) is 9.47 Å². The van der Waals surface area contributed by atoms with Crippen molar-refractivity contribution in [1.29, 1.82) is 0 Å². The van der Waals surface area contributed by atoms with Crippen LogP contribution in [0.2, 0.25) is 0 Å². The summed E-state index contributed by atoms with van der Waals surface area (Å²) in [6.07, 6.45) is 39.7. The van der Waals surface area contributed by atoms with Gasteiger partial charge in [-0.3, -0.25) is 9.35 Å². The van der Waals surface area contributed by atoms with Gasteiger partial charge in [0.05, 0.1) is 25.4 Å². The molecule has 0 aromatic heterocycles. The molecule has 0 spiro atoms. The van der Waals surface area contributed by atoms with Crippen molar-refractivity contribution in [3.8, 4) is 0 Å². The Balaban J connectivity index is 2.29. The topological polar surface area (TPSA) is 192 Å². The summed E-state index contributed by atoms with van der Waals surface area (Å²) >= 11 is 0.